The number of ether oxygens (including phenoxy) is 1. The fourth-order valence-electron chi connectivity index (χ4n) is 1.39. The molecule has 4 heteroatoms. The van der Waals surface area contributed by atoms with Gasteiger partial charge in [0.25, 0.3) is 0 Å². The van der Waals surface area contributed by atoms with E-state index in [0.29, 0.717) is 0 Å². The summed E-state index contributed by atoms with van der Waals surface area (Å²) in [5.74, 6) is 1.02. The van der Waals surface area contributed by atoms with Crippen LogP contribution in [0.3, 0.4) is 0 Å². The summed E-state index contributed by atoms with van der Waals surface area (Å²) in [5, 5.41) is 0. The molecular weight excluding hydrogens is 166 g/mol. The zero-order valence-electron chi connectivity index (χ0n) is 7.16. The molecule has 0 saturated carbocycles. The van der Waals surface area contributed by atoms with Crippen LogP contribution < -0.4 is 16.2 Å². The molecule has 0 fully saturated rings. The number of rotatable bonds is 1. The summed E-state index contributed by atoms with van der Waals surface area (Å²) in [6.07, 6.45) is 0.934. The van der Waals surface area contributed by atoms with Crippen molar-refractivity contribution in [1.29, 1.82) is 0 Å². The van der Waals surface area contributed by atoms with Crippen LogP contribution in [-0.2, 0) is 6.42 Å². The van der Waals surface area contributed by atoms with Crippen LogP contribution in [-0.4, -0.2) is 12.6 Å². The molecule has 1 aliphatic heterocycles. The van der Waals surface area contributed by atoms with Gasteiger partial charge in [-0.3, -0.25) is 0 Å². The van der Waals surface area contributed by atoms with Gasteiger partial charge in [0.2, 0.25) is 0 Å². The number of nitrogens with zero attached hydrogens (tertiary/aromatic N) is 1. The highest BCUT2D eigenvalue weighted by atomic mass is 16.5. The van der Waals surface area contributed by atoms with Gasteiger partial charge in [-0.15, -0.1) is 0 Å². The van der Waals surface area contributed by atoms with Crippen molar-refractivity contribution in [3.8, 4) is 5.75 Å². The molecule has 0 radical (unpaired) electrons. The van der Waals surface area contributed by atoms with Crippen LogP contribution in [0.2, 0.25) is 0 Å². The summed E-state index contributed by atoms with van der Waals surface area (Å²) >= 11 is 0. The van der Waals surface area contributed by atoms with Gasteiger partial charge in [-0.1, -0.05) is 0 Å². The van der Waals surface area contributed by atoms with Crippen molar-refractivity contribution in [2.75, 3.05) is 6.61 Å². The second-order valence-electron chi connectivity index (χ2n) is 2.93. The van der Waals surface area contributed by atoms with Crippen LogP contribution in [0.1, 0.15) is 5.56 Å². The average Bonchev–Trinajstić information content (AvgIpc) is 2.49. The van der Waals surface area contributed by atoms with E-state index < -0.39 is 0 Å². The molecule has 0 bridgehead atoms. The molecule has 0 spiro atoms. The minimum absolute atomic E-state index is 0.0823. The Labute approximate surface area is 76.2 Å². The molecule has 4 nitrogen and oxygen atoms in total. The maximum Gasteiger partial charge on any atom is 0.191 e. The SMILES string of the molecule is NC(N)=Nc1ccc2c(c1)CCO2. The first kappa shape index (κ1) is 7.91. The summed E-state index contributed by atoms with van der Waals surface area (Å²) in [6.45, 7) is 0.751. The third-order valence-corrected chi connectivity index (χ3v) is 1.93. The van der Waals surface area contributed by atoms with Crippen LogP contribution in [0.5, 0.6) is 5.75 Å². The predicted molar refractivity (Wildman–Crippen MR) is 51.1 cm³/mol. The zero-order chi connectivity index (χ0) is 9.26. The van der Waals surface area contributed by atoms with E-state index in [-0.39, 0.29) is 5.96 Å². The second kappa shape index (κ2) is 2.97. The van der Waals surface area contributed by atoms with Crippen LogP contribution in [0.4, 0.5) is 5.69 Å². The number of hydrogen-bond donors (Lipinski definition) is 2. The number of fused-ring (bicyclic) bond motifs is 1. The number of guanidine groups is 1. The Morgan fingerprint density at radius 2 is 2.23 bits per heavy atom. The largest absolute Gasteiger partial charge is 0.493 e. The van der Waals surface area contributed by atoms with E-state index in [9.17, 15) is 0 Å². The monoisotopic (exact) mass is 177 g/mol. The van der Waals surface area contributed by atoms with Gasteiger partial charge in [0.15, 0.2) is 5.96 Å². The molecule has 0 aliphatic carbocycles. The molecular formula is C9H11N3O. The van der Waals surface area contributed by atoms with Crippen molar-refractivity contribution in [2.45, 2.75) is 6.42 Å². The molecule has 1 heterocycles. The molecule has 13 heavy (non-hydrogen) atoms. The fourth-order valence-corrected chi connectivity index (χ4v) is 1.39. The third-order valence-electron chi connectivity index (χ3n) is 1.93. The normalized spacial score (nSPS) is 13.2. The van der Waals surface area contributed by atoms with E-state index in [1.165, 1.54) is 5.56 Å². The molecule has 1 aromatic carbocycles. The molecule has 1 aliphatic rings. The van der Waals surface area contributed by atoms with Crippen molar-refractivity contribution in [1.82, 2.24) is 0 Å². The van der Waals surface area contributed by atoms with Crippen molar-refractivity contribution in [3.63, 3.8) is 0 Å². The second-order valence-corrected chi connectivity index (χ2v) is 2.93. The van der Waals surface area contributed by atoms with Gasteiger partial charge in [0.05, 0.1) is 12.3 Å². The molecule has 4 N–H and O–H groups in total. The third kappa shape index (κ3) is 1.56. The molecule has 0 unspecified atom stereocenters. The van der Waals surface area contributed by atoms with E-state index in [4.69, 9.17) is 16.2 Å². The number of nitrogens with two attached hydrogens (primary N) is 2. The lowest BCUT2D eigenvalue weighted by molar-refractivity contribution is 0.357. The summed E-state index contributed by atoms with van der Waals surface area (Å²) < 4.78 is 5.35. The molecule has 68 valence electrons. The van der Waals surface area contributed by atoms with Crippen molar-refractivity contribution in [2.24, 2.45) is 16.5 Å². The van der Waals surface area contributed by atoms with Crippen molar-refractivity contribution < 1.29 is 4.74 Å². The highest BCUT2D eigenvalue weighted by Crippen LogP contribution is 2.28. The van der Waals surface area contributed by atoms with Crippen LogP contribution >= 0.6 is 0 Å². The van der Waals surface area contributed by atoms with Crippen molar-refractivity contribution >= 4 is 11.6 Å². The molecule has 0 atom stereocenters. The first-order chi connectivity index (χ1) is 6.25. The lowest BCUT2D eigenvalue weighted by Crippen LogP contribution is -2.21. The smallest absolute Gasteiger partial charge is 0.191 e. The van der Waals surface area contributed by atoms with E-state index in [1.54, 1.807) is 0 Å². The summed E-state index contributed by atoms with van der Waals surface area (Å²) in [5.41, 5.74) is 12.5. The van der Waals surface area contributed by atoms with Crippen LogP contribution in [0, 0.1) is 0 Å². The number of aliphatic imine (C=N–C) groups is 1. The quantitative estimate of drug-likeness (QED) is 0.485. The van der Waals surface area contributed by atoms with Gasteiger partial charge >= 0.3 is 0 Å². The van der Waals surface area contributed by atoms with E-state index >= 15 is 0 Å². The molecule has 0 amide bonds. The Morgan fingerprint density at radius 1 is 1.38 bits per heavy atom. The minimum atomic E-state index is 0.0823. The first-order valence-electron chi connectivity index (χ1n) is 4.11. The van der Waals surface area contributed by atoms with Crippen molar-refractivity contribution in [3.05, 3.63) is 23.8 Å². The molecule has 0 saturated heterocycles. The van der Waals surface area contributed by atoms with E-state index in [1.807, 2.05) is 18.2 Å². The summed E-state index contributed by atoms with van der Waals surface area (Å²) in [7, 11) is 0. The maximum absolute atomic E-state index is 5.35. The first-order valence-corrected chi connectivity index (χ1v) is 4.11. The molecule has 1 aromatic rings. The van der Waals surface area contributed by atoms with Gasteiger partial charge in [0, 0.05) is 6.42 Å². The van der Waals surface area contributed by atoms with Gasteiger partial charge in [-0.25, -0.2) is 4.99 Å². The van der Waals surface area contributed by atoms with Gasteiger partial charge in [-0.2, -0.15) is 0 Å². The summed E-state index contributed by atoms with van der Waals surface area (Å²) in [6, 6.07) is 5.68. The Hall–Kier alpha value is -1.71. The van der Waals surface area contributed by atoms with Crippen LogP contribution in [0.15, 0.2) is 23.2 Å². The topological polar surface area (TPSA) is 73.6 Å². The number of hydrogen-bond acceptors (Lipinski definition) is 2. The maximum atomic E-state index is 5.35. The summed E-state index contributed by atoms with van der Waals surface area (Å²) in [4.78, 5) is 3.95. The highest BCUT2D eigenvalue weighted by molar-refractivity contribution is 5.79. The zero-order valence-corrected chi connectivity index (χ0v) is 7.16. The van der Waals surface area contributed by atoms with E-state index in [2.05, 4.69) is 4.99 Å². The number of benzene rings is 1. The van der Waals surface area contributed by atoms with Gasteiger partial charge < -0.3 is 16.2 Å². The molecule has 2 rings (SSSR count). The molecule has 0 aromatic heterocycles. The standard InChI is InChI=1S/C9H11N3O/c10-9(11)12-7-1-2-8-6(5-7)3-4-13-8/h1-2,5H,3-4H2,(H4,10,11,12). The minimum Gasteiger partial charge on any atom is -0.493 e. The fraction of sp³-hybridized carbons (Fsp3) is 0.222. The average molecular weight is 177 g/mol. The lowest BCUT2D eigenvalue weighted by atomic mass is 10.1. The lowest BCUT2D eigenvalue weighted by Gasteiger charge is -1.99. The van der Waals surface area contributed by atoms with Gasteiger partial charge in [-0.05, 0) is 23.8 Å². The Balaban J connectivity index is 2.36. The van der Waals surface area contributed by atoms with Gasteiger partial charge in [0.1, 0.15) is 5.75 Å². The highest BCUT2D eigenvalue weighted by Gasteiger charge is 2.11. The van der Waals surface area contributed by atoms with E-state index in [0.717, 1.165) is 24.5 Å². The predicted octanol–water partition coefficient (Wildman–Crippen LogP) is 0.526. The Morgan fingerprint density at radius 3 is 3.00 bits per heavy atom. The Kier molecular flexibility index (Phi) is 1.81. The van der Waals surface area contributed by atoms with Crippen LogP contribution in [0.25, 0.3) is 0 Å². The Bertz CT molecular complexity index is 356.